The maximum Gasteiger partial charge on any atom is 0.344 e. The van der Waals surface area contributed by atoms with Crippen LogP contribution in [0.3, 0.4) is 0 Å². The Kier molecular flexibility index (Phi) is 9.02. The van der Waals surface area contributed by atoms with Crippen LogP contribution in [-0.2, 0) is 19.0 Å². The minimum Gasteiger partial charge on any atom is -0.482 e. The Balaban J connectivity index is 2.39. The first kappa shape index (κ1) is 18.3. The minimum absolute atomic E-state index is 0.0859. The molecule has 0 aliphatic carbocycles. The molecule has 0 unspecified atom stereocenters. The summed E-state index contributed by atoms with van der Waals surface area (Å²) >= 11 is 0. The highest BCUT2D eigenvalue weighted by Crippen LogP contribution is 2.16. The molecule has 0 radical (unpaired) electrons. The van der Waals surface area contributed by atoms with Gasteiger partial charge in [-0.3, -0.25) is 0 Å². The van der Waals surface area contributed by atoms with Crippen LogP contribution in [0.5, 0.6) is 5.75 Å². The third kappa shape index (κ3) is 7.28. The number of hydrogen-bond acceptors (Lipinski definition) is 6. The molecule has 0 spiro atoms. The van der Waals surface area contributed by atoms with Crippen LogP contribution < -0.4 is 10.1 Å². The second-order valence-electron chi connectivity index (χ2n) is 4.34. The third-order valence-electron chi connectivity index (χ3n) is 2.69. The van der Waals surface area contributed by atoms with Gasteiger partial charge in [0.25, 0.3) is 0 Å². The largest absolute Gasteiger partial charge is 0.482 e. The predicted octanol–water partition coefficient (Wildman–Crippen LogP) is 2.44. The molecule has 1 N–H and O–H groups in total. The number of anilines is 1. The molecule has 0 aliphatic rings. The van der Waals surface area contributed by atoms with Crippen molar-refractivity contribution in [3.63, 3.8) is 0 Å². The van der Waals surface area contributed by atoms with Gasteiger partial charge in [-0.25, -0.2) is 4.79 Å². The molecule has 0 bridgehead atoms. The number of benzene rings is 1. The third-order valence-corrected chi connectivity index (χ3v) is 2.69. The summed E-state index contributed by atoms with van der Waals surface area (Å²) in [6.07, 6.45) is -0.269. The van der Waals surface area contributed by atoms with Crippen LogP contribution in [0.2, 0.25) is 0 Å². The van der Waals surface area contributed by atoms with E-state index in [1.807, 2.05) is 26.0 Å². The van der Waals surface area contributed by atoms with Gasteiger partial charge in [-0.1, -0.05) is 0 Å². The second-order valence-corrected chi connectivity index (χ2v) is 4.34. The van der Waals surface area contributed by atoms with Gasteiger partial charge < -0.3 is 24.3 Å². The van der Waals surface area contributed by atoms with Crippen molar-refractivity contribution in [3.8, 4) is 5.75 Å². The summed E-state index contributed by atoms with van der Waals surface area (Å²) < 4.78 is 21.0. The molecule has 6 heteroatoms. The molecule has 124 valence electrons. The van der Waals surface area contributed by atoms with E-state index in [0.717, 1.165) is 5.69 Å². The molecule has 0 fully saturated rings. The lowest BCUT2D eigenvalue weighted by Crippen LogP contribution is -2.26. The summed E-state index contributed by atoms with van der Waals surface area (Å²) in [5, 5.41) is 3.23. The zero-order valence-corrected chi connectivity index (χ0v) is 13.5. The van der Waals surface area contributed by atoms with E-state index in [4.69, 9.17) is 18.9 Å². The maximum absolute atomic E-state index is 11.2. The Bertz CT molecular complexity index is 415. The highest BCUT2D eigenvalue weighted by Gasteiger charge is 2.07. The summed E-state index contributed by atoms with van der Waals surface area (Å²) in [4.78, 5) is 11.2. The van der Waals surface area contributed by atoms with Crippen molar-refractivity contribution in [1.29, 1.82) is 0 Å². The van der Waals surface area contributed by atoms with Crippen LogP contribution in [0.25, 0.3) is 0 Å². The molecular formula is C16H25NO5. The van der Waals surface area contributed by atoms with Gasteiger partial charge in [-0.05, 0) is 45.0 Å². The van der Waals surface area contributed by atoms with Crippen molar-refractivity contribution >= 4 is 11.7 Å². The molecule has 6 nitrogen and oxygen atoms in total. The van der Waals surface area contributed by atoms with Crippen molar-refractivity contribution in [1.82, 2.24) is 0 Å². The fourth-order valence-corrected chi connectivity index (χ4v) is 1.75. The number of nitrogens with one attached hydrogen (secondary N) is 1. The van der Waals surface area contributed by atoms with E-state index in [-0.39, 0.29) is 18.9 Å². The van der Waals surface area contributed by atoms with Crippen LogP contribution in [0.1, 0.15) is 20.8 Å². The number of hydrogen-bond donors (Lipinski definition) is 1. The van der Waals surface area contributed by atoms with Gasteiger partial charge in [0.15, 0.2) is 12.9 Å². The quantitative estimate of drug-likeness (QED) is 0.500. The standard InChI is InChI=1S/C16H25NO5/c1-4-19-15(18)12-22-14-9-7-13(8-10-14)17-11-16(20-5-2)21-6-3/h7-10,16-17H,4-6,11-12H2,1-3H3. The average molecular weight is 311 g/mol. The summed E-state index contributed by atoms with van der Waals surface area (Å²) in [6, 6.07) is 7.32. The molecule has 0 saturated carbocycles. The Morgan fingerprint density at radius 1 is 1.05 bits per heavy atom. The molecule has 0 saturated heterocycles. The topological polar surface area (TPSA) is 66.0 Å². The Morgan fingerprint density at radius 3 is 2.23 bits per heavy atom. The lowest BCUT2D eigenvalue weighted by molar-refractivity contribution is -0.145. The summed E-state index contributed by atoms with van der Waals surface area (Å²) in [6.45, 7) is 7.66. The zero-order valence-electron chi connectivity index (χ0n) is 13.5. The van der Waals surface area contributed by atoms with E-state index in [1.54, 1.807) is 19.1 Å². The van der Waals surface area contributed by atoms with E-state index in [0.29, 0.717) is 32.1 Å². The first-order chi connectivity index (χ1) is 10.7. The zero-order chi connectivity index (χ0) is 16.2. The highest BCUT2D eigenvalue weighted by molar-refractivity contribution is 5.71. The smallest absolute Gasteiger partial charge is 0.344 e. The molecule has 0 aromatic heterocycles. The lowest BCUT2D eigenvalue weighted by Gasteiger charge is -2.18. The molecule has 0 aliphatic heterocycles. The lowest BCUT2D eigenvalue weighted by atomic mass is 10.3. The number of carbonyl (C=O) groups excluding carboxylic acids is 1. The molecule has 0 atom stereocenters. The summed E-state index contributed by atoms with van der Waals surface area (Å²) in [5.74, 6) is 0.241. The fourth-order valence-electron chi connectivity index (χ4n) is 1.75. The van der Waals surface area contributed by atoms with Crippen molar-refractivity contribution in [2.24, 2.45) is 0 Å². The number of carbonyl (C=O) groups is 1. The van der Waals surface area contributed by atoms with Gasteiger partial charge in [0.2, 0.25) is 0 Å². The SMILES string of the molecule is CCOC(=O)COc1ccc(NCC(OCC)OCC)cc1. The Labute approximate surface area is 131 Å². The monoisotopic (exact) mass is 311 g/mol. The Hall–Kier alpha value is -1.79. The van der Waals surface area contributed by atoms with Gasteiger partial charge in [0.1, 0.15) is 5.75 Å². The molecule has 1 rings (SSSR count). The van der Waals surface area contributed by atoms with E-state index in [9.17, 15) is 4.79 Å². The van der Waals surface area contributed by atoms with Crippen LogP contribution in [0.4, 0.5) is 5.69 Å². The van der Waals surface area contributed by atoms with E-state index < -0.39 is 0 Å². The van der Waals surface area contributed by atoms with Crippen LogP contribution in [0, 0.1) is 0 Å². The van der Waals surface area contributed by atoms with E-state index in [2.05, 4.69) is 5.32 Å². The number of esters is 1. The fraction of sp³-hybridized carbons (Fsp3) is 0.562. The Morgan fingerprint density at radius 2 is 1.68 bits per heavy atom. The molecule has 0 amide bonds. The van der Waals surface area contributed by atoms with Crippen molar-refractivity contribution in [3.05, 3.63) is 24.3 Å². The van der Waals surface area contributed by atoms with Gasteiger partial charge in [0.05, 0.1) is 13.2 Å². The van der Waals surface area contributed by atoms with Crippen molar-refractivity contribution in [2.45, 2.75) is 27.1 Å². The summed E-state index contributed by atoms with van der Waals surface area (Å²) in [5.41, 5.74) is 0.924. The molecule has 1 aromatic rings. The van der Waals surface area contributed by atoms with Crippen LogP contribution in [-0.4, -0.2) is 45.2 Å². The molecule has 22 heavy (non-hydrogen) atoms. The number of rotatable bonds is 11. The second kappa shape index (κ2) is 10.9. The van der Waals surface area contributed by atoms with Crippen LogP contribution in [0.15, 0.2) is 24.3 Å². The normalized spacial score (nSPS) is 10.5. The van der Waals surface area contributed by atoms with Gasteiger partial charge in [-0.15, -0.1) is 0 Å². The van der Waals surface area contributed by atoms with E-state index >= 15 is 0 Å². The van der Waals surface area contributed by atoms with Gasteiger partial charge in [-0.2, -0.15) is 0 Å². The summed E-state index contributed by atoms with van der Waals surface area (Å²) in [7, 11) is 0. The van der Waals surface area contributed by atoms with Crippen molar-refractivity contribution < 1.29 is 23.7 Å². The van der Waals surface area contributed by atoms with Gasteiger partial charge >= 0.3 is 5.97 Å². The van der Waals surface area contributed by atoms with E-state index in [1.165, 1.54) is 0 Å². The van der Waals surface area contributed by atoms with Gasteiger partial charge in [0, 0.05) is 18.9 Å². The molecule has 1 aromatic carbocycles. The van der Waals surface area contributed by atoms with Crippen molar-refractivity contribution in [2.75, 3.05) is 38.3 Å². The molecule has 0 heterocycles. The first-order valence-electron chi connectivity index (χ1n) is 7.55. The predicted molar refractivity (Wildman–Crippen MR) is 84.1 cm³/mol. The molecular weight excluding hydrogens is 286 g/mol. The maximum atomic E-state index is 11.2. The minimum atomic E-state index is -0.374. The average Bonchev–Trinajstić information content (AvgIpc) is 2.52. The highest BCUT2D eigenvalue weighted by atomic mass is 16.7. The first-order valence-corrected chi connectivity index (χ1v) is 7.55. The number of ether oxygens (including phenoxy) is 4. The van der Waals surface area contributed by atoms with Crippen LogP contribution >= 0.6 is 0 Å².